The summed E-state index contributed by atoms with van der Waals surface area (Å²) in [4.78, 5) is 30.8. The van der Waals surface area contributed by atoms with Crippen LogP contribution in [-0.2, 0) is 14.3 Å². The van der Waals surface area contributed by atoms with Crippen molar-refractivity contribution in [2.24, 2.45) is 5.92 Å². The van der Waals surface area contributed by atoms with Crippen LogP contribution in [0.2, 0.25) is 5.02 Å². The fourth-order valence-electron chi connectivity index (χ4n) is 4.51. The van der Waals surface area contributed by atoms with Crippen molar-refractivity contribution < 1.29 is 18.7 Å². The molecule has 0 aliphatic carbocycles. The molecule has 184 valence electrons. The summed E-state index contributed by atoms with van der Waals surface area (Å²) in [6.07, 6.45) is 1.51. The zero-order chi connectivity index (χ0) is 24.8. The highest BCUT2D eigenvalue weighted by Crippen LogP contribution is 2.30. The topological polar surface area (TPSA) is 53.1 Å². The van der Waals surface area contributed by atoms with Gasteiger partial charge in [0.25, 0.3) is 0 Å². The van der Waals surface area contributed by atoms with Crippen molar-refractivity contribution in [1.29, 1.82) is 0 Å². The van der Waals surface area contributed by atoms with Crippen LogP contribution in [0.25, 0.3) is 0 Å². The number of hydrogen-bond donors (Lipinski definition) is 0. The van der Waals surface area contributed by atoms with E-state index in [2.05, 4.69) is 0 Å². The molecule has 1 unspecified atom stereocenters. The molecule has 1 aliphatic rings. The molecule has 8 heteroatoms. The summed E-state index contributed by atoms with van der Waals surface area (Å²) >= 11 is 6.14. The number of benzene rings is 2. The average molecular weight is 490 g/mol. The van der Waals surface area contributed by atoms with Gasteiger partial charge in [0.1, 0.15) is 11.9 Å². The van der Waals surface area contributed by atoms with E-state index in [0.717, 1.165) is 18.4 Å². The summed E-state index contributed by atoms with van der Waals surface area (Å²) in [6.45, 7) is 6.18. The van der Waals surface area contributed by atoms with Gasteiger partial charge >= 0.3 is 5.97 Å². The molecule has 0 bridgehead atoms. The van der Waals surface area contributed by atoms with Gasteiger partial charge in [-0.25, -0.2) is 9.18 Å². The quantitative estimate of drug-likeness (QED) is 0.493. The number of ether oxygens (including phenoxy) is 1. The van der Waals surface area contributed by atoms with Gasteiger partial charge in [-0.3, -0.25) is 9.69 Å². The Morgan fingerprint density at radius 1 is 1.09 bits per heavy atom. The summed E-state index contributed by atoms with van der Waals surface area (Å²) in [5.74, 6) is -0.783. The molecule has 1 aliphatic heterocycles. The number of nitrogens with zero attached hydrogens (tertiary/aromatic N) is 3. The first-order valence-corrected chi connectivity index (χ1v) is 12.1. The highest BCUT2D eigenvalue weighted by molar-refractivity contribution is 6.30. The first-order chi connectivity index (χ1) is 16.3. The number of methoxy groups -OCH3 is 1. The predicted octanol–water partition coefficient (Wildman–Crippen LogP) is 4.91. The molecule has 1 atom stereocenters. The van der Waals surface area contributed by atoms with E-state index >= 15 is 4.39 Å². The van der Waals surface area contributed by atoms with Gasteiger partial charge < -0.3 is 14.5 Å². The number of carbonyl (C=O) groups excluding carboxylic acids is 2. The van der Waals surface area contributed by atoms with Crippen molar-refractivity contribution in [2.75, 3.05) is 50.1 Å². The van der Waals surface area contributed by atoms with Gasteiger partial charge in [0, 0.05) is 49.9 Å². The lowest BCUT2D eigenvalue weighted by Gasteiger charge is -2.39. The molecule has 0 spiro atoms. The van der Waals surface area contributed by atoms with Gasteiger partial charge in [-0.15, -0.1) is 0 Å². The molecule has 1 heterocycles. The van der Waals surface area contributed by atoms with E-state index in [1.165, 1.54) is 18.1 Å². The second-order valence-corrected chi connectivity index (χ2v) is 8.99. The SMILES string of the molecule is CCC(CC)C(=O)N(C)c1ccc(N2CCN(C(C(=O)OC)c3cccc(Cl)c3)CC2)c(F)c1. The Kier molecular flexibility index (Phi) is 8.91. The zero-order valence-corrected chi connectivity index (χ0v) is 21.0. The highest BCUT2D eigenvalue weighted by atomic mass is 35.5. The number of esters is 1. The summed E-state index contributed by atoms with van der Waals surface area (Å²) in [7, 11) is 3.06. The van der Waals surface area contributed by atoms with Crippen molar-refractivity contribution in [3.63, 3.8) is 0 Å². The summed E-state index contributed by atoms with van der Waals surface area (Å²) in [5.41, 5.74) is 1.81. The third-order valence-electron chi connectivity index (χ3n) is 6.59. The van der Waals surface area contributed by atoms with Gasteiger partial charge in [0.05, 0.1) is 12.8 Å². The van der Waals surface area contributed by atoms with Crippen LogP contribution in [0.4, 0.5) is 15.8 Å². The van der Waals surface area contributed by atoms with Gasteiger partial charge in [-0.1, -0.05) is 37.6 Å². The third kappa shape index (κ3) is 5.70. The Hall–Kier alpha value is -2.64. The summed E-state index contributed by atoms with van der Waals surface area (Å²) in [5, 5.41) is 0.555. The summed E-state index contributed by atoms with van der Waals surface area (Å²) in [6, 6.07) is 11.6. The molecule has 1 saturated heterocycles. The molecule has 2 aromatic rings. The van der Waals surface area contributed by atoms with Crippen molar-refractivity contribution >= 4 is 34.9 Å². The van der Waals surface area contributed by atoms with E-state index in [0.29, 0.717) is 42.6 Å². The normalized spacial score (nSPS) is 15.3. The van der Waals surface area contributed by atoms with Gasteiger partial charge in [0.15, 0.2) is 0 Å². The maximum absolute atomic E-state index is 15.1. The molecule has 6 nitrogen and oxygen atoms in total. The standard InChI is InChI=1S/C26H33ClFN3O3/c1-5-18(6-2)25(32)29(3)21-10-11-23(22(28)17-21)30-12-14-31(15-13-30)24(26(33)34-4)19-8-7-9-20(27)16-19/h7-11,16-18,24H,5-6,12-15H2,1-4H3. The lowest BCUT2D eigenvalue weighted by atomic mass is 10.0. The van der Waals surface area contributed by atoms with E-state index in [-0.39, 0.29) is 23.6 Å². The smallest absolute Gasteiger partial charge is 0.327 e. The largest absolute Gasteiger partial charge is 0.468 e. The maximum atomic E-state index is 15.1. The number of hydrogen-bond acceptors (Lipinski definition) is 5. The monoisotopic (exact) mass is 489 g/mol. The number of carbonyl (C=O) groups is 2. The highest BCUT2D eigenvalue weighted by Gasteiger charge is 2.32. The van der Waals surface area contributed by atoms with Crippen LogP contribution in [-0.4, -0.2) is 57.1 Å². The van der Waals surface area contributed by atoms with Crippen molar-refractivity contribution in [2.45, 2.75) is 32.7 Å². The lowest BCUT2D eigenvalue weighted by molar-refractivity contribution is -0.147. The first-order valence-electron chi connectivity index (χ1n) is 11.7. The molecule has 2 aromatic carbocycles. The van der Waals surface area contributed by atoms with Crippen LogP contribution < -0.4 is 9.80 Å². The maximum Gasteiger partial charge on any atom is 0.327 e. The van der Waals surface area contributed by atoms with Gasteiger partial charge in [-0.05, 0) is 48.7 Å². The van der Waals surface area contributed by atoms with Gasteiger partial charge in [0.2, 0.25) is 5.91 Å². The third-order valence-corrected chi connectivity index (χ3v) is 6.83. The van der Waals surface area contributed by atoms with Crippen molar-refractivity contribution in [1.82, 2.24) is 4.90 Å². The number of halogens is 2. The fraction of sp³-hybridized carbons (Fsp3) is 0.462. The average Bonchev–Trinajstić information content (AvgIpc) is 2.84. The molecule has 0 N–H and O–H groups in total. The molecule has 3 rings (SSSR count). The van der Waals surface area contributed by atoms with E-state index in [1.54, 1.807) is 31.3 Å². The van der Waals surface area contributed by atoms with Gasteiger partial charge in [-0.2, -0.15) is 0 Å². The minimum absolute atomic E-state index is 0.000585. The van der Waals surface area contributed by atoms with Crippen LogP contribution in [0.1, 0.15) is 38.3 Å². The summed E-state index contributed by atoms with van der Waals surface area (Å²) < 4.78 is 20.1. The minimum atomic E-state index is -0.567. The molecule has 34 heavy (non-hydrogen) atoms. The molecule has 0 saturated carbocycles. The van der Waals surface area contributed by atoms with E-state index in [1.807, 2.05) is 35.8 Å². The minimum Gasteiger partial charge on any atom is -0.468 e. The van der Waals surface area contributed by atoms with Crippen molar-refractivity contribution in [3.8, 4) is 0 Å². The molecule has 0 aromatic heterocycles. The van der Waals surface area contributed by atoms with Crippen LogP contribution in [0.3, 0.4) is 0 Å². The lowest BCUT2D eigenvalue weighted by Crippen LogP contribution is -2.49. The Morgan fingerprint density at radius 2 is 1.76 bits per heavy atom. The predicted molar refractivity (Wildman–Crippen MR) is 134 cm³/mol. The molecular weight excluding hydrogens is 457 g/mol. The number of piperazine rings is 1. The van der Waals surface area contributed by atoms with Crippen LogP contribution >= 0.6 is 11.6 Å². The van der Waals surface area contributed by atoms with Crippen molar-refractivity contribution in [3.05, 3.63) is 58.9 Å². The fourth-order valence-corrected chi connectivity index (χ4v) is 4.70. The van der Waals surface area contributed by atoms with Crippen LogP contribution in [0.5, 0.6) is 0 Å². The molecule has 1 amide bonds. The van der Waals surface area contributed by atoms with Crippen LogP contribution in [0.15, 0.2) is 42.5 Å². The van der Waals surface area contributed by atoms with E-state index in [9.17, 15) is 9.59 Å². The number of amides is 1. The molecule has 0 radical (unpaired) electrons. The second kappa shape index (κ2) is 11.7. The van der Waals surface area contributed by atoms with E-state index in [4.69, 9.17) is 16.3 Å². The zero-order valence-electron chi connectivity index (χ0n) is 20.3. The molecule has 1 fully saturated rings. The van der Waals surface area contributed by atoms with E-state index < -0.39 is 6.04 Å². The molecular formula is C26H33ClFN3O3. The Labute approximate surface area is 206 Å². The number of anilines is 2. The number of rotatable bonds is 8. The van der Waals surface area contributed by atoms with Crippen LogP contribution in [0, 0.1) is 11.7 Å². The first kappa shape index (κ1) is 26.0. The second-order valence-electron chi connectivity index (χ2n) is 8.55. The Balaban J connectivity index is 1.72. The Bertz CT molecular complexity index is 1010. The Morgan fingerprint density at radius 3 is 2.32 bits per heavy atom.